The van der Waals surface area contributed by atoms with Crippen molar-refractivity contribution in [2.45, 2.75) is 44.1 Å². The normalized spacial score (nSPS) is 22.8. The monoisotopic (exact) mass is 568 g/mol. The Hall–Kier alpha value is -2.98. The molecule has 0 aliphatic carbocycles. The van der Waals surface area contributed by atoms with Crippen LogP contribution in [0.3, 0.4) is 0 Å². The molecule has 202 valence electrons. The van der Waals surface area contributed by atoms with Gasteiger partial charge in [-0.15, -0.1) is 0 Å². The molecule has 0 spiro atoms. The number of halogens is 3. The molecule has 1 N–H and O–H groups in total. The van der Waals surface area contributed by atoms with Crippen LogP contribution in [0, 0.1) is 5.82 Å². The SMILES string of the molecule is C[C@@H](Oc1ccc2[nH]nc(-c3cnc(N4CC(C)(N5CC6CC(C5)O6)C4)c(F)c3)c2c1)c1c(Cl)cncc1Cl. The van der Waals surface area contributed by atoms with E-state index < -0.39 is 6.10 Å². The number of piperidine rings is 1. The Bertz CT molecular complexity index is 1540. The molecular weight excluding hydrogens is 542 g/mol. The predicted molar refractivity (Wildman–Crippen MR) is 148 cm³/mol. The third kappa shape index (κ3) is 4.32. The first-order valence-electron chi connectivity index (χ1n) is 13.0. The van der Waals surface area contributed by atoms with Gasteiger partial charge in [0.2, 0.25) is 0 Å². The Morgan fingerprint density at radius 1 is 1.13 bits per heavy atom. The summed E-state index contributed by atoms with van der Waals surface area (Å²) in [5, 5.41) is 9.13. The van der Waals surface area contributed by atoms with Crippen LogP contribution in [0.5, 0.6) is 5.75 Å². The molecule has 2 bridgehead atoms. The van der Waals surface area contributed by atoms with Crippen molar-refractivity contribution >= 4 is 39.9 Å². The zero-order valence-electron chi connectivity index (χ0n) is 21.5. The number of nitrogens with zero attached hydrogens (tertiary/aromatic N) is 5. The topological polar surface area (TPSA) is 79.4 Å². The van der Waals surface area contributed by atoms with Crippen LogP contribution in [-0.4, -0.2) is 69.0 Å². The molecule has 0 radical (unpaired) electrons. The van der Waals surface area contributed by atoms with Gasteiger partial charge in [-0.1, -0.05) is 23.2 Å². The van der Waals surface area contributed by atoms with Crippen LogP contribution in [0.2, 0.25) is 10.0 Å². The Morgan fingerprint density at radius 2 is 1.85 bits per heavy atom. The van der Waals surface area contributed by atoms with E-state index in [0.29, 0.717) is 50.6 Å². The van der Waals surface area contributed by atoms with Crippen LogP contribution in [0.4, 0.5) is 10.2 Å². The second-order valence-electron chi connectivity index (χ2n) is 11.0. The van der Waals surface area contributed by atoms with E-state index in [4.69, 9.17) is 32.7 Å². The summed E-state index contributed by atoms with van der Waals surface area (Å²) in [6.45, 7) is 7.50. The molecule has 0 amide bonds. The standard InChI is InChI=1S/C28H27Cl2FN6O2/c1-15(25-21(29)9-32-10-22(25)30)38-17-3-4-24-20(7-17)26(35-34-24)16-5-23(31)27(33-8-16)36-13-28(2,14-36)37-11-18-6-19(12-37)39-18/h3-5,7-10,15,18-19H,6,11-14H2,1-2H3,(H,34,35)/t15-,18?,19?/m1/s1. The highest BCUT2D eigenvalue weighted by atomic mass is 35.5. The molecule has 8 nitrogen and oxygen atoms in total. The maximum absolute atomic E-state index is 15.4. The number of aromatic nitrogens is 4. The number of fused-ring (bicyclic) bond motifs is 3. The van der Waals surface area contributed by atoms with E-state index in [1.807, 2.05) is 30.0 Å². The molecule has 4 fully saturated rings. The number of pyridine rings is 2. The van der Waals surface area contributed by atoms with Crippen molar-refractivity contribution < 1.29 is 13.9 Å². The predicted octanol–water partition coefficient (Wildman–Crippen LogP) is 5.66. The van der Waals surface area contributed by atoms with Crippen molar-refractivity contribution in [1.29, 1.82) is 0 Å². The highest BCUT2D eigenvalue weighted by Gasteiger charge is 2.50. The molecule has 2 unspecified atom stereocenters. The van der Waals surface area contributed by atoms with Crippen molar-refractivity contribution in [3.8, 4) is 17.0 Å². The Morgan fingerprint density at radius 3 is 2.54 bits per heavy atom. The number of morpholine rings is 1. The van der Waals surface area contributed by atoms with Crippen LogP contribution in [0.15, 0.2) is 42.9 Å². The number of anilines is 1. The summed E-state index contributed by atoms with van der Waals surface area (Å²) in [4.78, 5) is 13.0. The lowest BCUT2D eigenvalue weighted by Gasteiger charge is -2.60. The summed E-state index contributed by atoms with van der Waals surface area (Å²) in [5.74, 6) is 0.615. The number of hydrogen-bond acceptors (Lipinski definition) is 7. The molecule has 0 saturated carbocycles. The molecule has 4 aromatic rings. The Balaban J connectivity index is 1.10. The van der Waals surface area contributed by atoms with Gasteiger partial charge in [-0.3, -0.25) is 15.0 Å². The van der Waals surface area contributed by atoms with Crippen molar-refractivity contribution in [1.82, 2.24) is 25.1 Å². The first-order valence-corrected chi connectivity index (χ1v) is 13.8. The van der Waals surface area contributed by atoms with Crippen LogP contribution in [-0.2, 0) is 4.74 Å². The lowest BCUT2D eigenvalue weighted by Crippen LogP contribution is -2.74. The van der Waals surface area contributed by atoms with E-state index in [-0.39, 0.29) is 11.4 Å². The number of hydrogen-bond donors (Lipinski definition) is 1. The minimum atomic E-state index is -0.412. The molecule has 3 aromatic heterocycles. The number of ether oxygens (including phenoxy) is 2. The molecule has 3 atom stereocenters. The number of benzene rings is 1. The summed E-state index contributed by atoms with van der Waals surface area (Å²) < 4.78 is 27.3. The van der Waals surface area contributed by atoms with Gasteiger partial charge >= 0.3 is 0 Å². The van der Waals surface area contributed by atoms with Gasteiger partial charge in [0.15, 0.2) is 11.6 Å². The highest BCUT2D eigenvalue weighted by molar-refractivity contribution is 6.35. The minimum absolute atomic E-state index is 0.0180. The van der Waals surface area contributed by atoms with Gasteiger partial charge in [0, 0.05) is 67.7 Å². The van der Waals surface area contributed by atoms with E-state index in [9.17, 15) is 0 Å². The molecule has 8 rings (SSSR count). The summed E-state index contributed by atoms with van der Waals surface area (Å²) in [6, 6.07) is 7.08. The van der Waals surface area contributed by atoms with Gasteiger partial charge in [-0.25, -0.2) is 9.37 Å². The van der Waals surface area contributed by atoms with Crippen LogP contribution >= 0.6 is 23.2 Å². The van der Waals surface area contributed by atoms with E-state index in [1.54, 1.807) is 6.20 Å². The first kappa shape index (κ1) is 25.0. The van der Waals surface area contributed by atoms with Gasteiger partial charge in [0.25, 0.3) is 0 Å². The molecule has 11 heteroatoms. The maximum atomic E-state index is 15.4. The fourth-order valence-electron chi connectivity index (χ4n) is 6.07. The van der Waals surface area contributed by atoms with Gasteiger partial charge < -0.3 is 14.4 Å². The van der Waals surface area contributed by atoms with Crippen molar-refractivity contribution in [2.24, 2.45) is 0 Å². The van der Waals surface area contributed by atoms with Crippen LogP contribution < -0.4 is 9.64 Å². The molecule has 4 aliphatic rings. The van der Waals surface area contributed by atoms with Crippen molar-refractivity contribution in [3.05, 3.63) is 64.3 Å². The average molecular weight is 569 g/mol. The summed E-state index contributed by atoms with van der Waals surface area (Å²) in [6.07, 6.45) is 6.22. The zero-order chi connectivity index (χ0) is 26.9. The van der Waals surface area contributed by atoms with Crippen molar-refractivity contribution in [2.75, 3.05) is 31.1 Å². The van der Waals surface area contributed by atoms with Gasteiger partial charge in [-0.05, 0) is 38.1 Å². The number of nitrogens with one attached hydrogen (secondary N) is 1. The van der Waals surface area contributed by atoms with Crippen molar-refractivity contribution in [3.63, 3.8) is 0 Å². The third-order valence-electron chi connectivity index (χ3n) is 8.12. The average Bonchev–Trinajstić information content (AvgIpc) is 3.30. The van der Waals surface area contributed by atoms with Gasteiger partial charge in [0.05, 0.1) is 33.3 Å². The smallest absolute Gasteiger partial charge is 0.166 e. The number of rotatable bonds is 6. The fraction of sp³-hybridized carbons (Fsp3) is 0.393. The quantitative estimate of drug-likeness (QED) is 0.321. The minimum Gasteiger partial charge on any atom is -0.486 e. The summed E-state index contributed by atoms with van der Waals surface area (Å²) in [5.41, 5.74) is 2.67. The van der Waals surface area contributed by atoms with Crippen LogP contribution in [0.1, 0.15) is 31.9 Å². The zero-order valence-corrected chi connectivity index (χ0v) is 23.0. The second kappa shape index (κ2) is 9.30. The van der Waals surface area contributed by atoms with E-state index in [1.165, 1.54) is 18.5 Å². The third-order valence-corrected chi connectivity index (χ3v) is 8.73. The molecule has 7 heterocycles. The fourth-order valence-corrected chi connectivity index (χ4v) is 6.75. The Labute approximate surface area is 235 Å². The molecule has 4 saturated heterocycles. The van der Waals surface area contributed by atoms with E-state index >= 15 is 4.39 Å². The van der Waals surface area contributed by atoms with E-state index in [2.05, 4.69) is 32.0 Å². The summed E-state index contributed by atoms with van der Waals surface area (Å²) in [7, 11) is 0. The number of H-pyrrole nitrogens is 1. The maximum Gasteiger partial charge on any atom is 0.166 e. The molecule has 1 aromatic carbocycles. The van der Waals surface area contributed by atoms with E-state index in [0.717, 1.165) is 43.5 Å². The van der Waals surface area contributed by atoms with Gasteiger partial charge in [0.1, 0.15) is 17.5 Å². The highest BCUT2D eigenvalue weighted by Crippen LogP contribution is 2.39. The largest absolute Gasteiger partial charge is 0.486 e. The van der Waals surface area contributed by atoms with Gasteiger partial charge in [-0.2, -0.15) is 5.10 Å². The van der Waals surface area contributed by atoms with Crippen LogP contribution in [0.25, 0.3) is 22.2 Å². The Kier molecular flexibility index (Phi) is 5.97. The molecular formula is C28H27Cl2FN6O2. The number of aromatic amines is 1. The molecule has 4 aliphatic heterocycles. The lowest BCUT2D eigenvalue weighted by molar-refractivity contribution is -0.200. The lowest BCUT2D eigenvalue weighted by atomic mass is 9.85. The summed E-state index contributed by atoms with van der Waals surface area (Å²) >= 11 is 12.6. The molecule has 39 heavy (non-hydrogen) atoms. The first-order chi connectivity index (χ1) is 18.8. The second-order valence-corrected chi connectivity index (χ2v) is 11.8.